The molecule has 0 atom stereocenters. The van der Waals surface area contributed by atoms with Crippen molar-refractivity contribution < 1.29 is 0 Å². The molecule has 0 radical (unpaired) electrons. The zero-order valence-electron chi connectivity index (χ0n) is 8.81. The average molecular weight is 235 g/mol. The average Bonchev–Trinajstić information content (AvgIpc) is 2.79. The highest BCUT2D eigenvalue weighted by molar-refractivity contribution is 7.16. The summed E-state index contributed by atoms with van der Waals surface area (Å²) in [6.45, 7) is 3.84. The smallest absolute Gasteiger partial charge is 0.228 e. The number of rotatable bonds is 1. The molecule has 0 amide bonds. The van der Waals surface area contributed by atoms with Crippen LogP contribution >= 0.6 is 11.3 Å². The molecule has 0 unspecified atom stereocenters. The maximum absolute atomic E-state index is 5.92. The lowest BCUT2D eigenvalue weighted by Gasteiger charge is -2.27. The maximum atomic E-state index is 5.92. The van der Waals surface area contributed by atoms with E-state index in [2.05, 4.69) is 20.2 Å². The number of nitrogen functional groups attached to an aromatic ring is 1. The molecule has 0 aliphatic carbocycles. The minimum Gasteiger partial charge on any atom is -0.383 e. The molecule has 84 valence electrons. The normalized spacial score (nSPS) is 16.9. The first-order valence-corrected chi connectivity index (χ1v) is 6.19. The lowest BCUT2D eigenvalue weighted by atomic mass is 10.3. The Bertz CT molecular complexity index is 503. The first-order chi connectivity index (χ1) is 7.84. The number of hydrogen-bond donors (Lipinski definition) is 2. The van der Waals surface area contributed by atoms with Crippen LogP contribution in [0.3, 0.4) is 0 Å². The van der Waals surface area contributed by atoms with Gasteiger partial charge in [-0.1, -0.05) is 0 Å². The van der Waals surface area contributed by atoms with Crippen LogP contribution in [0.1, 0.15) is 0 Å². The number of thiophene rings is 1. The minimum atomic E-state index is 0.583. The largest absolute Gasteiger partial charge is 0.383 e. The van der Waals surface area contributed by atoms with Crippen LogP contribution in [-0.4, -0.2) is 36.1 Å². The molecule has 3 heterocycles. The first kappa shape index (κ1) is 9.80. The van der Waals surface area contributed by atoms with E-state index < -0.39 is 0 Å². The van der Waals surface area contributed by atoms with Crippen LogP contribution in [0.5, 0.6) is 0 Å². The molecule has 1 aliphatic heterocycles. The summed E-state index contributed by atoms with van der Waals surface area (Å²) in [5.74, 6) is 1.34. The van der Waals surface area contributed by atoms with Crippen molar-refractivity contribution in [3.8, 4) is 0 Å². The summed E-state index contributed by atoms with van der Waals surface area (Å²) >= 11 is 1.61. The molecule has 1 saturated heterocycles. The summed E-state index contributed by atoms with van der Waals surface area (Å²) in [4.78, 5) is 12.1. The highest BCUT2D eigenvalue weighted by Gasteiger charge is 2.15. The van der Waals surface area contributed by atoms with Crippen LogP contribution in [0, 0.1) is 0 Å². The van der Waals surface area contributed by atoms with Gasteiger partial charge in [0.25, 0.3) is 0 Å². The molecule has 0 spiro atoms. The fourth-order valence-corrected chi connectivity index (χ4v) is 2.64. The van der Waals surface area contributed by atoms with E-state index in [1.165, 1.54) is 0 Å². The quantitative estimate of drug-likeness (QED) is 0.761. The van der Waals surface area contributed by atoms with Gasteiger partial charge < -0.3 is 16.0 Å². The fraction of sp³-hybridized carbons (Fsp3) is 0.400. The highest BCUT2D eigenvalue weighted by Crippen LogP contribution is 2.25. The van der Waals surface area contributed by atoms with Gasteiger partial charge in [-0.15, -0.1) is 11.3 Å². The molecule has 5 nitrogen and oxygen atoms in total. The summed E-state index contributed by atoms with van der Waals surface area (Å²) in [6.07, 6.45) is 0. The van der Waals surface area contributed by atoms with Gasteiger partial charge >= 0.3 is 0 Å². The second-order valence-electron chi connectivity index (χ2n) is 3.79. The Morgan fingerprint density at radius 3 is 2.94 bits per heavy atom. The Kier molecular flexibility index (Phi) is 2.37. The number of nitrogens with one attached hydrogen (secondary N) is 1. The summed E-state index contributed by atoms with van der Waals surface area (Å²) < 4.78 is 0. The minimum absolute atomic E-state index is 0.583. The van der Waals surface area contributed by atoms with E-state index in [9.17, 15) is 0 Å². The van der Waals surface area contributed by atoms with Gasteiger partial charge in [0.2, 0.25) is 5.95 Å². The van der Waals surface area contributed by atoms with E-state index in [0.29, 0.717) is 5.82 Å². The molecular weight excluding hydrogens is 222 g/mol. The SMILES string of the molecule is Nc1nc(N2CCNCC2)nc2sccc12. The maximum Gasteiger partial charge on any atom is 0.228 e. The molecule has 0 bridgehead atoms. The van der Waals surface area contributed by atoms with Crippen LogP contribution in [0.2, 0.25) is 0 Å². The van der Waals surface area contributed by atoms with Crippen molar-refractivity contribution in [2.24, 2.45) is 0 Å². The third kappa shape index (κ3) is 1.60. The number of aromatic nitrogens is 2. The molecule has 2 aromatic heterocycles. The summed E-state index contributed by atoms with van der Waals surface area (Å²) in [7, 11) is 0. The van der Waals surface area contributed by atoms with Crippen molar-refractivity contribution in [2.75, 3.05) is 36.8 Å². The molecule has 0 saturated carbocycles. The number of nitrogens with two attached hydrogens (primary N) is 1. The monoisotopic (exact) mass is 235 g/mol. The Balaban J connectivity index is 2.02. The number of anilines is 2. The Hall–Kier alpha value is -1.40. The Morgan fingerprint density at radius 2 is 2.12 bits per heavy atom. The van der Waals surface area contributed by atoms with E-state index in [-0.39, 0.29) is 0 Å². The van der Waals surface area contributed by atoms with Crippen LogP contribution in [0.25, 0.3) is 10.2 Å². The predicted octanol–water partition coefficient (Wildman–Crippen LogP) is 0.683. The predicted molar refractivity (Wildman–Crippen MR) is 66.9 cm³/mol. The molecule has 16 heavy (non-hydrogen) atoms. The molecule has 0 aromatic carbocycles. The van der Waals surface area contributed by atoms with Crippen LogP contribution < -0.4 is 16.0 Å². The molecule has 2 aromatic rings. The van der Waals surface area contributed by atoms with Gasteiger partial charge in [-0.25, -0.2) is 4.98 Å². The van der Waals surface area contributed by atoms with Gasteiger partial charge in [-0.2, -0.15) is 4.98 Å². The lowest BCUT2D eigenvalue weighted by Crippen LogP contribution is -2.44. The zero-order valence-corrected chi connectivity index (χ0v) is 9.63. The molecule has 3 rings (SSSR count). The van der Waals surface area contributed by atoms with E-state index in [0.717, 1.165) is 42.3 Å². The summed E-state index contributed by atoms with van der Waals surface area (Å²) in [5, 5.41) is 6.26. The summed E-state index contributed by atoms with van der Waals surface area (Å²) in [6, 6.07) is 1.97. The van der Waals surface area contributed by atoms with Gasteiger partial charge in [-0.3, -0.25) is 0 Å². The molecule has 1 fully saturated rings. The standard InChI is InChI=1S/C10H13N5S/c11-8-7-1-6-16-9(7)14-10(13-8)15-4-2-12-3-5-15/h1,6,12H,2-5H2,(H2,11,13,14). The summed E-state index contributed by atoms with van der Waals surface area (Å²) in [5.41, 5.74) is 5.92. The molecule has 3 N–H and O–H groups in total. The Labute approximate surface area is 97.3 Å². The van der Waals surface area contributed by atoms with Crippen molar-refractivity contribution in [3.05, 3.63) is 11.4 Å². The molecule has 1 aliphatic rings. The number of fused-ring (bicyclic) bond motifs is 1. The zero-order chi connectivity index (χ0) is 11.0. The second kappa shape index (κ2) is 3.88. The van der Waals surface area contributed by atoms with Gasteiger partial charge in [0.15, 0.2) is 0 Å². The highest BCUT2D eigenvalue weighted by atomic mass is 32.1. The first-order valence-electron chi connectivity index (χ1n) is 5.31. The van der Waals surface area contributed by atoms with Gasteiger partial charge in [0.05, 0.1) is 5.39 Å². The van der Waals surface area contributed by atoms with Gasteiger partial charge in [-0.05, 0) is 11.4 Å². The lowest BCUT2D eigenvalue weighted by molar-refractivity contribution is 0.581. The number of piperazine rings is 1. The second-order valence-corrected chi connectivity index (χ2v) is 4.68. The number of nitrogens with zero attached hydrogens (tertiary/aromatic N) is 3. The van der Waals surface area contributed by atoms with Gasteiger partial charge in [0, 0.05) is 26.2 Å². The van der Waals surface area contributed by atoms with Crippen molar-refractivity contribution >= 4 is 33.3 Å². The topological polar surface area (TPSA) is 67.1 Å². The van der Waals surface area contributed by atoms with E-state index >= 15 is 0 Å². The van der Waals surface area contributed by atoms with Crippen LogP contribution in [0.4, 0.5) is 11.8 Å². The Morgan fingerprint density at radius 1 is 1.31 bits per heavy atom. The molecule has 6 heteroatoms. The van der Waals surface area contributed by atoms with Gasteiger partial charge in [0.1, 0.15) is 10.6 Å². The third-order valence-electron chi connectivity index (χ3n) is 2.74. The van der Waals surface area contributed by atoms with Crippen molar-refractivity contribution in [1.29, 1.82) is 0 Å². The van der Waals surface area contributed by atoms with Crippen molar-refractivity contribution in [3.63, 3.8) is 0 Å². The van der Waals surface area contributed by atoms with E-state index in [1.807, 2.05) is 11.4 Å². The van der Waals surface area contributed by atoms with Crippen LogP contribution in [0.15, 0.2) is 11.4 Å². The molecular formula is C10H13N5S. The third-order valence-corrected chi connectivity index (χ3v) is 3.55. The van der Waals surface area contributed by atoms with Crippen molar-refractivity contribution in [1.82, 2.24) is 15.3 Å². The number of hydrogen-bond acceptors (Lipinski definition) is 6. The van der Waals surface area contributed by atoms with E-state index in [4.69, 9.17) is 5.73 Å². The van der Waals surface area contributed by atoms with Crippen LogP contribution in [-0.2, 0) is 0 Å². The van der Waals surface area contributed by atoms with E-state index in [1.54, 1.807) is 11.3 Å². The fourth-order valence-electron chi connectivity index (χ4n) is 1.87. The van der Waals surface area contributed by atoms with Crippen molar-refractivity contribution in [2.45, 2.75) is 0 Å².